The number of alkyl carbamates (subject to hydrolysis) is 1. The minimum absolute atomic E-state index is 0.151. The summed E-state index contributed by atoms with van der Waals surface area (Å²) in [7, 11) is 1.38. The molecule has 86 valence electrons. The molecule has 0 fully saturated rings. The lowest BCUT2D eigenvalue weighted by atomic mass is 9.88. The Morgan fingerprint density at radius 1 is 1.50 bits per heavy atom. The van der Waals surface area contributed by atoms with Gasteiger partial charge in [0.05, 0.1) is 7.11 Å². The second-order valence-electron chi connectivity index (χ2n) is 3.99. The van der Waals surface area contributed by atoms with Crippen LogP contribution in [-0.2, 0) is 17.6 Å². The van der Waals surface area contributed by atoms with Gasteiger partial charge >= 0.3 is 6.09 Å². The molecule has 0 bridgehead atoms. The number of carbonyl (C=O) groups excluding carboxylic acids is 1. The van der Waals surface area contributed by atoms with Crippen LogP contribution in [0, 0.1) is 0 Å². The minimum Gasteiger partial charge on any atom is -0.453 e. The van der Waals surface area contributed by atoms with Crippen LogP contribution in [0.15, 0.2) is 18.2 Å². The number of hydrogen-bond acceptors (Lipinski definition) is 2. The van der Waals surface area contributed by atoms with E-state index in [1.54, 1.807) is 0 Å². The largest absolute Gasteiger partial charge is 0.453 e. The lowest BCUT2D eigenvalue weighted by Gasteiger charge is -2.25. The third-order valence-corrected chi connectivity index (χ3v) is 3.14. The Morgan fingerprint density at radius 3 is 3.06 bits per heavy atom. The molecular weight excluding hydrogens is 226 g/mol. The first-order chi connectivity index (χ1) is 7.69. The maximum absolute atomic E-state index is 11.1. The van der Waals surface area contributed by atoms with Gasteiger partial charge in [-0.15, -0.1) is 0 Å². The Labute approximate surface area is 99.7 Å². The maximum atomic E-state index is 11.1. The molecule has 0 radical (unpaired) electrons. The van der Waals surface area contributed by atoms with Gasteiger partial charge in [0.2, 0.25) is 0 Å². The van der Waals surface area contributed by atoms with Crippen molar-refractivity contribution in [2.75, 3.05) is 7.11 Å². The molecule has 1 N–H and O–H groups in total. The lowest BCUT2D eigenvalue weighted by Crippen LogP contribution is -2.38. The quantitative estimate of drug-likeness (QED) is 0.818. The zero-order chi connectivity index (χ0) is 11.5. The Bertz CT molecular complexity index is 406. The molecule has 4 heteroatoms. The van der Waals surface area contributed by atoms with Crippen LogP contribution < -0.4 is 5.32 Å². The lowest BCUT2D eigenvalue weighted by molar-refractivity contribution is 0.165. The van der Waals surface area contributed by atoms with Gasteiger partial charge in [-0.25, -0.2) is 4.79 Å². The van der Waals surface area contributed by atoms with Crippen LogP contribution >= 0.6 is 11.6 Å². The van der Waals surface area contributed by atoms with Crippen molar-refractivity contribution >= 4 is 17.7 Å². The van der Waals surface area contributed by atoms with E-state index >= 15 is 0 Å². The number of carbonyl (C=O) groups is 1. The van der Waals surface area contributed by atoms with Gasteiger partial charge in [0.15, 0.2) is 0 Å². The van der Waals surface area contributed by atoms with Gasteiger partial charge in [-0.3, -0.25) is 0 Å². The Morgan fingerprint density at radius 2 is 2.31 bits per heavy atom. The van der Waals surface area contributed by atoms with Crippen molar-refractivity contribution in [2.45, 2.75) is 25.3 Å². The molecule has 3 nitrogen and oxygen atoms in total. The van der Waals surface area contributed by atoms with Crippen LogP contribution in [0.25, 0.3) is 0 Å². The Balaban J connectivity index is 2.08. The summed E-state index contributed by atoms with van der Waals surface area (Å²) < 4.78 is 4.59. The highest BCUT2D eigenvalue weighted by Crippen LogP contribution is 2.24. The second-order valence-corrected chi connectivity index (χ2v) is 4.43. The number of nitrogens with one attached hydrogen (secondary N) is 1. The molecule has 1 unspecified atom stereocenters. The van der Waals surface area contributed by atoms with Crippen molar-refractivity contribution in [1.29, 1.82) is 0 Å². The van der Waals surface area contributed by atoms with Crippen LogP contribution in [0.2, 0.25) is 5.02 Å². The molecule has 1 aliphatic carbocycles. The molecule has 0 aromatic heterocycles. The molecule has 1 aromatic rings. The van der Waals surface area contributed by atoms with E-state index in [1.165, 1.54) is 18.2 Å². The number of methoxy groups -OCH3 is 1. The van der Waals surface area contributed by atoms with Gasteiger partial charge in [-0.2, -0.15) is 0 Å². The number of halogens is 1. The number of hydrogen-bond donors (Lipinski definition) is 1. The summed E-state index contributed by atoms with van der Waals surface area (Å²) in [6.07, 6.45) is 2.38. The number of rotatable bonds is 1. The van der Waals surface area contributed by atoms with Crippen molar-refractivity contribution in [3.05, 3.63) is 34.3 Å². The van der Waals surface area contributed by atoms with Crippen molar-refractivity contribution in [3.8, 4) is 0 Å². The van der Waals surface area contributed by atoms with Gasteiger partial charge in [-0.05, 0) is 42.5 Å². The number of ether oxygens (including phenoxy) is 1. The molecule has 2 rings (SSSR count). The Hall–Kier alpha value is -1.22. The van der Waals surface area contributed by atoms with Gasteiger partial charge in [0.1, 0.15) is 0 Å². The molecule has 16 heavy (non-hydrogen) atoms. The van der Waals surface area contributed by atoms with E-state index in [4.69, 9.17) is 11.6 Å². The van der Waals surface area contributed by atoms with Gasteiger partial charge in [-0.1, -0.05) is 17.7 Å². The fraction of sp³-hybridized carbons (Fsp3) is 0.417. The topological polar surface area (TPSA) is 38.3 Å². The third kappa shape index (κ3) is 2.47. The fourth-order valence-corrected chi connectivity index (χ4v) is 2.27. The van der Waals surface area contributed by atoms with E-state index in [0.29, 0.717) is 0 Å². The molecule has 1 aromatic carbocycles. The average Bonchev–Trinajstić information content (AvgIpc) is 2.28. The smallest absolute Gasteiger partial charge is 0.407 e. The van der Waals surface area contributed by atoms with Crippen LogP contribution in [0.5, 0.6) is 0 Å². The number of fused-ring (bicyclic) bond motifs is 1. The summed E-state index contributed by atoms with van der Waals surface area (Å²) in [4.78, 5) is 11.1. The molecule has 0 heterocycles. The number of amides is 1. The second kappa shape index (κ2) is 4.74. The van der Waals surface area contributed by atoms with E-state index in [-0.39, 0.29) is 12.1 Å². The van der Waals surface area contributed by atoms with Crippen LogP contribution in [0.3, 0.4) is 0 Å². The first-order valence-corrected chi connectivity index (χ1v) is 5.68. The molecular formula is C12H14ClNO2. The zero-order valence-corrected chi connectivity index (χ0v) is 9.88. The summed E-state index contributed by atoms with van der Waals surface area (Å²) >= 11 is 5.95. The van der Waals surface area contributed by atoms with Crippen molar-refractivity contribution in [2.24, 2.45) is 0 Å². The summed E-state index contributed by atoms with van der Waals surface area (Å²) in [6.45, 7) is 0. The molecule has 0 saturated carbocycles. The Kier molecular flexibility index (Phi) is 3.34. The standard InChI is InChI=1S/C12H14ClNO2/c1-16-12(15)14-11-5-3-8-2-4-10(13)6-9(8)7-11/h2,4,6,11H,3,5,7H2,1H3,(H,14,15). The van der Waals surface area contributed by atoms with Crippen molar-refractivity contribution < 1.29 is 9.53 Å². The zero-order valence-electron chi connectivity index (χ0n) is 9.13. The van der Waals surface area contributed by atoms with Crippen LogP contribution in [0.4, 0.5) is 4.79 Å². The maximum Gasteiger partial charge on any atom is 0.407 e. The summed E-state index contributed by atoms with van der Waals surface area (Å²) in [5, 5.41) is 3.57. The summed E-state index contributed by atoms with van der Waals surface area (Å²) in [6, 6.07) is 6.10. The SMILES string of the molecule is COC(=O)NC1CCc2ccc(Cl)cc2C1. The fourth-order valence-electron chi connectivity index (χ4n) is 2.07. The van der Waals surface area contributed by atoms with E-state index in [1.807, 2.05) is 12.1 Å². The molecule has 0 saturated heterocycles. The van der Waals surface area contributed by atoms with E-state index < -0.39 is 0 Å². The van der Waals surface area contributed by atoms with Crippen molar-refractivity contribution in [1.82, 2.24) is 5.32 Å². The predicted molar refractivity (Wildman–Crippen MR) is 62.8 cm³/mol. The van der Waals surface area contributed by atoms with E-state index in [9.17, 15) is 4.79 Å². The highest BCUT2D eigenvalue weighted by Gasteiger charge is 2.20. The van der Waals surface area contributed by atoms with Crippen LogP contribution in [-0.4, -0.2) is 19.2 Å². The summed E-state index contributed by atoms with van der Waals surface area (Å²) in [5.41, 5.74) is 2.55. The van der Waals surface area contributed by atoms with Crippen LogP contribution in [0.1, 0.15) is 17.5 Å². The first kappa shape index (κ1) is 11.3. The first-order valence-electron chi connectivity index (χ1n) is 5.31. The molecule has 1 atom stereocenters. The molecule has 1 aliphatic rings. The van der Waals surface area contributed by atoms with Gasteiger partial charge in [0, 0.05) is 11.1 Å². The number of benzene rings is 1. The highest BCUT2D eigenvalue weighted by atomic mass is 35.5. The molecule has 1 amide bonds. The van der Waals surface area contributed by atoms with E-state index in [0.717, 1.165) is 24.3 Å². The van der Waals surface area contributed by atoms with Crippen molar-refractivity contribution in [3.63, 3.8) is 0 Å². The number of aryl methyl sites for hydroxylation is 1. The monoisotopic (exact) mass is 239 g/mol. The molecule has 0 spiro atoms. The minimum atomic E-state index is -0.365. The summed E-state index contributed by atoms with van der Waals surface area (Å²) in [5.74, 6) is 0. The normalized spacial score (nSPS) is 18.8. The highest BCUT2D eigenvalue weighted by molar-refractivity contribution is 6.30. The van der Waals surface area contributed by atoms with Gasteiger partial charge in [0.25, 0.3) is 0 Å². The van der Waals surface area contributed by atoms with Gasteiger partial charge < -0.3 is 10.1 Å². The predicted octanol–water partition coefficient (Wildman–Crippen LogP) is 2.55. The van der Waals surface area contributed by atoms with E-state index in [2.05, 4.69) is 16.1 Å². The molecule has 0 aliphatic heterocycles. The third-order valence-electron chi connectivity index (χ3n) is 2.90. The average molecular weight is 240 g/mol.